The first-order valence-electron chi connectivity index (χ1n) is 10.3. The maximum atomic E-state index is 13.0. The molecule has 1 aliphatic heterocycles. The molecule has 9 nitrogen and oxygen atoms in total. The van der Waals surface area contributed by atoms with Crippen LogP contribution in [0.15, 0.2) is 68.3 Å². The molecule has 1 fully saturated rings. The second-order valence-corrected chi connectivity index (χ2v) is 10.8. The van der Waals surface area contributed by atoms with Crippen LogP contribution in [0.3, 0.4) is 0 Å². The Bertz CT molecular complexity index is 1370. The van der Waals surface area contributed by atoms with Crippen LogP contribution in [0.1, 0.15) is 19.8 Å². The summed E-state index contributed by atoms with van der Waals surface area (Å²) in [6.07, 6.45) is 2.19. The van der Waals surface area contributed by atoms with Gasteiger partial charge in [0, 0.05) is 31.6 Å². The van der Waals surface area contributed by atoms with Crippen molar-refractivity contribution in [1.29, 1.82) is 0 Å². The molecule has 2 aromatic heterocycles. The number of aromatic amines is 1. The monoisotopic (exact) mass is 485 g/mol. The number of likely N-dealkylation sites (tertiary alicyclic amines) is 1. The lowest BCUT2D eigenvalue weighted by Crippen LogP contribution is -2.43. The summed E-state index contributed by atoms with van der Waals surface area (Å²) in [5, 5.41) is 6.36. The van der Waals surface area contributed by atoms with Gasteiger partial charge in [-0.2, -0.15) is 5.10 Å². The first kappa shape index (κ1) is 22.9. The summed E-state index contributed by atoms with van der Waals surface area (Å²) in [7, 11) is -3.43. The number of sulfone groups is 1. The molecular weight excluding hydrogens is 462 g/mol. The number of hydrazone groups is 1. The summed E-state index contributed by atoms with van der Waals surface area (Å²) in [4.78, 5) is 34.2. The van der Waals surface area contributed by atoms with Crippen LogP contribution in [0.2, 0.25) is 0 Å². The minimum Gasteiger partial charge on any atom is -0.339 e. The van der Waals surface area contributed by atoms with Crippen LogP contribution in [-0.2, 0) is 14.6 Å². The Morgan fingerprint density at radius 2 is 1.97 bits per heavy atom. The fourth-order valence-corrected chi connectivity index (χ4v) is 6.28. The van der Waals surface area contributed by atoms with Crippen molar-refractivity contribution in [2.45, 2.75) is 29.9 Å². The number of nitrogens with one attached hydrogen (secondary N) is 1. The van der Waals surface area contributed by atoms with E-state index in [0.717, 1.165) is 0 Å². The van der Waals surface area contributed by atoms with Gasteiger partial charge in [0.15, 0.2) is 9.84 Å². The zero-order valence-corrected chi connectivity index (χ0v) is 19.6. The third kappa shape index (κ3) is 4.60. The number of piperidine rings is 1. The van der Waals surface area contributed by atoms with Crippen LogP contribution in [0, 0.1) is 0 Å². The van der Waals surface area contributed by atoms with Gasteiger partial charge < -0.3 is 4.90 Å². The van der Waals surface area contributed by atoms with Crippen LogP contribution in [0.5, 0.6) is 0 Å². The molecule has 11 heteroatoms. The molecule has 3 aromatic rings. The predicted octanol–water partition coefficient (Wildman–Crippen LogP) is 2.78. The number of fused-ring (bicyclic) bond motifs is 1. The molecule has 33 heavy (non-hydrogen) atoms. The van der Waals surface area contributed by atoms with Crippen LogP contribution in [-0.4, -0.2) is 54.2 Å². The Labute approximate surface area is 195 Å². The second kappa shape index (κ2) is 9.28. The number of nitrogens with zero attached hydrogens (tertiary/aromatic N) is 4. The van der Waals surface area contributed by atoms with E-state index in [1.165, 1.54) is 22.5 Å². The number of amides is 1. The first-order valence-corrected chi connectivity index (χ1v) is 12.7. The Balaban J connectivity index is 1.46. The van der Waals surface area contributed by atoms with Crippen LogP contribution in [0.4, 0.5) is 5.95 Å². The van der Waals surface area contributed by atoms with Crippen LogP contribution >= 0.6 is 11.3 Å². The van der Waals surface area contributed by atoms with Gasteiger partial charge in [-0.25, -0.2) is 18.4 Å². The van der Waals surface area contributed by atoms with Gasteiger partial charge in [-0.15, -0.1) is 11.3 Å². The number of anilines is 1. The summed E-state index contributed by atoms with van der Waals surface area (Å²) in [5.74, 6) is -0.0844. The zero-order chi connectivity index (χ0) is 23.6. The molecule has 0 saturated carbocycles. The SMILES string of the molecule is C=NN(/C=C(\C)C(=O)N1CCC(S(=O)(=O)c2ccccc2)CC1)c1nc2ccsc2c(=O)[nH]1. The molecule has 4 rings (SSSR count). The van der Waals surface area contributed by atoms with Gasteiger partial charge in [-0.05, 0) is 43.3 Å². The lowest BCUT2D eigenvalue weighted by atomic mass is 10.1. The number of carbonyl (C=O) groups excluding carboxylic acids is 1. The Hall–Kier alpha value is -3.31. The molecule has 0 atom stereocenters. The Morgan fingerprint density at radius 1 is 1.27 bits per heavy atom. The molecule has 0 aliphatic carbocycles. The van der Waals surface area contributed by atoms with E-state index in [-0.39, 0.29) is 17.4 Å². The first-order chi connectivity index (χ1) is 15.8. The van der Waals surface area contributed by atoms with E-state index in [1.807, 2.05) is 0 Å². The van der Waals surface area contributed by atoms with Crippen molar-refractivity contribution in [3.05, 3.63) is 63.9 Å². The summed E-state index contributed by atoms with van der Waals surface area (Å²) in [6.45, 7) is 5.80. The molecule has 1 saturated heterocycles. The number of hydrogen-bond acceptors (Lipinski definition) is 8. The highest BCUT2D eigenvalue weighted by atomic mass is 32.2. The lowest BCUT2D eigenvalue weighted by molar-refractivity contribution is -0.127. The van der Waals surface area contributed by atoms with Crippen molar-refractivity contribution in [1.82, 2.24) is 14.9 Å². The number of rotatable bonds is 6. The van der Waals surface area contributed by atoms with E-state index in [1.54, 1.807) is 53.6 Å². The molecule has 0 radical (unpaired) electrons. The molecule has 172 valence electrons. The molecule has 0 unspecified atom stereocenters. The van der Waals surface area contributed by atoms with Crippen LogP contribution in [0.25, 0.3) is 10.2 Å². The van der Waals surface area contributed by atoms with Gasteiger partial charge in [0.2, 0.25) is 5.95 Å². The van der Waals surface area contributed by atoms with Crippen molar-refractivity contribution < 1.29 is 13.2 Å². The fraction of sp³-hybridized carbons (Fsp3) is 0.273. The van der Waals surface area contributed by atoms with Crippen molar-refractivity contribution in [3.8, 4) is 0 Å². The van der Waals surface area contributed by atoms with Gasteiger partial charge in [0.05, 0.1) is 15.7 Å². The molecule has 0 bridgehead atoms. The summed E-state index contributed by atoms with van der Waals surface area (Å²) >= 11 is 1.29. The lowest BCUT2D eigenvalue weighted by Gasteiger charge is -2.32. The average molecular weight is 486 g/mol. The van der Waals surface area contributed by atoms with Gasteiger partial charge in [-0.1, -0.05) is 18.2 Å². The number of aromatic nitrogens is 2. The molecule has 0 spiro atoms. The quantitative estimate of drug-likeness (QED) is 0.326. The normalized spacial score (nSPS) is 15.5. The molecule has 1 aromatic carbocycles. The number of thiophene rings is 1. The average Bonchev–Trinajstić information content (AvgIpc) is 3.32. The highest BCUT2D eigenvalue weighted by molar-refractivity contribution is 7.92. The van der Waals surface area contributed by atoms with E-state index in [0.29, 0.717) is 46.6 Å². The highest BCUT2D eigenvalue weighted by Gasteiger charge is 2.33. The highest BCUT2D eigenvalue weighted by Crippen LogP contribution is 2.25. The molecule has 1 N–H and O–H groups in total. The molecular formula is C22H23N5O4S2. The van der Waals surface area contributed by atoms with Gasteiger partial charge in [0.1, 0.15) is 4.70 Å². The topological polar surface area (TPSA) is 116 Å². The Kier molecular flexibility index (Phi) is 6.43. The maximum Gasteiger partial charge on any atom is 0.270 e. The molecule has 1 amide bonds. The smallest absolute Gasteiger partial charge is 0.270 e. The number of hydrogen-bond donors (Lipinski definition) is 1. The van der Waals surface area contributed by atoms with Crippen molar-refractivity contribution in [2.75, 3.05) is 18.1 Å². The van der Waals surface area contributed by atoms with E-state index in [4.69, 9.17) is 0 Å². The van der Waals surface area contributed by atoms with E-state index >= 15 is 0 Å². The zero-order valence-electron chi connectivity index (χ0n) is 18.0. The van der Waals surface area contributed by atoms with Crippen molar-refractivity contribution in [2.24, 2.45) is 5.10 Å². The number of benzene rings is 1. The van der Waals surface area contributed by atoms with Crippen molar-refractivity contribution in [3.63, 3.8) is 0 Å². The minimum absolute atomic E-state index is 0.153. The predicted molar refractivity (Wildman–Crippen MR) is 129 cm³/mol. The number of carbonyl (C=O) groups is 1. The van der Waals surface area contributed by atoms with Crippen LogP contribution < -0.4 is 10.6 Å². The Morgan fingerprint density at radius 3 is 2.64 bits per heavy atom. The minimum atomic E-state index is -3.43. The second-order valence-electron chi connectivity index (χ2n) is 7.67. The van der Waals surface area contributed by atoms with Gasteiger partial charge in [0.25, 0.3) is 11.5 Å². The van der Waals surface area contributed by atoms with Gasteiger partial charge in [-0.3, -0.25) is 14.6 Å². The van der Waals surface area contributed by atoms with E-state index < -0.39 is 15.1 Å². The van der Waals surface area contributed by atoms with E-state index in [2.05, 4.69) is 21.8 Å². The third-order valence-corrected chi connectivity index (χ3v) is 8.75. The van der Waals surface area contributed by atoms with Gasteiger partial charge >= 0.3 is 0 Å². The maximum absolute atomic E-state index is 13.0. The standard InChI is InChI=1S/C22H23N5O4S2/c1-15(14-27(23-2)22-24-18-10-13-32-19(18)20(28)25-22)21(29)26-11-8-17(9-12-26)33(30,31)16-6-4-3-5-7-16/h3-7,10,13-14,17H,2,8-9,11-12H2,1H3,(H,24,25,28)/b15-14+. The summed E-state index contributed by atoms with van der Waals surface area (Å²) in [6, 6.07) is 10.1. The fourth-order valence-electron chi connectivity index (χ4n) is 3.80. The molecule has 1 aliphatic rings. The third-order valence-electron chi connectivity index (χ3n) is 5.56. The largest absolute Gasteiger partial charge is 0.339 e. The van der Waals surface area contributed by atoms with Crippen molar-refractivity contribution >= 4 is 50.0 Å². The molecule has 3 heterocycles. The summed E-state index contributed by atoms with van der Waals surface area (Å²) in [5.41, 5.74) is 0.601. The summed E-state index contributed by atoms with van der Waals surface area (Å²) < 4.78 is 26.2. The van der Waals surface area contributed by atoms with E-state index in [9.17, 15) is 18.0 Å². The number of H-pyrrole nitrogens is 1.